The molecule has 0 atom stereocenters. The van der Waals surface area contributed by atoms with E-state index in [0.717, 1.165) is 0 Å². The van der Waals surface area contributed by atoms with Crippen molar-refractivity contribution in [3.63, 3.8) is 0 Å². The highest BCUT2D eigenvalue weighted by Gasteiger charge is 2.16. The number of amides is 1. The van der Waals surface area contributed by atoms with Gasteiger partial charge in [0.15, 0.2) is 5.69 Å². The highest BCUT2D eigenvalue weighted by atomic mass is 16.5. The lowest BCUT2D eigenvalue weighted by atomic mass is 10.3. The second-order valence-corrected chi connectivity index (χ2v) is 2.98. The molecular formula is C8H14N4O3. The van der Waals surface area contributed by atoms with Crippen LogP contribution in [0.5, 0.6) is 0 Å². The lowest BCUT2D eigenvalue weighted by Crippen LogP contribution is -2.16. The molecule has 0 saturated heterocycles. The molecule has 0 saturated carbocycles. The number of aliphatic hydroxyl groups is 1. The molecule has 1 rings (SSSR count). The van der Waals surface area contributed by atoms with Gasteiger partial charge in [0.2, 0.25) is 0 Å². The fourth-order valence-electron chi connectivity index (χ4n) is 1.20. The third-order valence-electron chi connectivity index (χ3n) is 1.88. The maximum Gasteiger partial charge on any atom is 0.271 e. The first-order valence-electron chi connectivity index (χ1n) is 4.52. The Labute approximate surface area is 86.8 Å². The Morgan fingerprint density at radius 2 is 2.40 bits per heavy atom. The van der Waals surface area contributed by atoms with Crippen molar-refractivity contribution in [2.75, 3.05) is 13.7 Å². The molecular weight excluding hydrogens is 200 g/mol. The molecule has 1 aromatic heterocycles. The van der Waals surface area contributed by atoms with Crippen LogP contribution in [0, 0.1) is 0 Å². The molecule has 0 bridgehead atoms. The van der Waals surface area contributed by atoms with Crippen molar-refractivity contribution in [2.24, 2.45) is 5.73 Å². The number of aliphatic hydroxyl groups excluding tert-OH is 1. The largest absolute Gasteiger partial charge is 0.396 e. The van der Waals surface area contributed by atoms with Crippen molar-refractivity contribution >= 4 is 5.91 Å². The average Bonchev–Trinajstić information content (AvgIpc) is 2.59. The molecule has 0 aliphatic heterocycles. The summed E-state index contributed by atoms with van der Waals surface area (Å²) >= 11 is 0. The van der Waals surface area contributed by atoms with Crippen LogP contribution in [-0.4, -0.2) is 39.7 Å². The third kappa shape index (κ3) is 2.74. The Hall–Kier alpha value is -1.47. The van der Waals surface area contributed by atoms with Gasteiger partial charge in [-0.05, 0) is 6.42 Å². The SMILES string of the molecule is COCc1c(C(N)=O)nnn1CCCO. The average molecular weight is 214 g/mol. The standard InChI is InChI=1S/C8H14N4O3/c1-15-5-6-7(8(9)14)10-11-12(6)3-2-4-13/h13H,2-5H2,1H3,(H2,9,14). The minimum Gasteiger partial charge on any atom is -0.396 e. The fourth-order valence-corrected chi connectivity index (χ4v) is 1.20. The van der Waals surface area contributed by atoms with Crippen molar-refractivity contribution in [1.29, 1.82) is 0 Å². The van der Waals surface area contributed by atoms with E-state index in [0.29, 0.717) is 18.7 Å². The Balaban J connectivity index is 2.90. The van der Waals surface area contributed by atoms with E-state index in [1.165, 1.54) is 11.8 Å². The van der Waals surface area contributed by atoms with Crippen LogP contribution in [0.2, 0.25) is 0 Å². The molecule has 7 heteroatoms. The van der Waals surface area contributed by atoms with Crippen LogP contribution >= 0.6 is 0 Å². The topological polar surface area (TPSA) is 103 Å². The van der Waals surface area contributed by atoms with E-state index in [9.17, 15) is 4.79 Å². The van der Waals surface area contributed by atoms with Gasteiger partial charge in [0, 0.05) is 20.3 Å². The Morgan fingerprint density at radius 1 is 1.67 bits per heavy atom. The van der Waals surface area contributed by atoms with Crippen LogP contribution in [0.25, 0.3) is 0 Å². The number of aromatic nitrogens is 3. The van der Waals surface area contributed by atoms with Crippen molar-refractivity contribution in [1.82, 2.24) is 15.0 Å². The van der Waals surface area contributed by atoms with E-state index < -0.39 is 5.91 Å². The van der Waals surface area contributed by atoms with Crippen LogP contribution in [-0.2, 0) is 17.9 Å². The van der Waals surface area contributed by atoms with Gasteiger partial charge in [0.1, 0.15) is 0 Å². The Kier molecular flexibility index (Phi) is 4.19. The summed E-state index contributed by atoms with van der Waals surface area (Å²) in [7, 11) is 1.51. The summed E-state index contributed by atoms with van der Waals surface area (Å²) in [5, 5.41) is 16.1. The molecule has 7 nitrogen and oxygen atoms in total. The lowest BCUT2D eigenvalue weighted by molar-refractivity contribution is 0.0989. The summed E-state index contributed by atoms with van der Waals surface area (Å²) in [6.07, 6.45) is 0.540. The normalized spacial score (nSPS) is 10.5. The summed E-state index contributed by atoms with van der Waals surface area (Å²) in [5.74, 6) is -0.628. The summed E-state index contributed by atoms with van der Waals surface area (Å²) in [4.78, 5) is 11.0. The van der Waals surface area contributed by atoms with Gasteiger partial charge in [-0.25, -0.2) is 4.68 Å². The van der Waals surface area contributed by atoms with Gasteiger partial charge in [-0.15, -0.1) is 5.10 Å². The maximum atomic E-state index is 11.0. The molecule has 0 fully saturated rings. The zero-order valence-electron chi connectivity index (χ0n) is 8.51. The van der Waals surface area contributed by atoms with Gasteiger partial charge in [0.05, 0.1) is 12.3 Å². The van der Waals surface area contributed by atoms with Crippen LogP contribution < -0.4 is 5.73 Å². The van der Waals surface area contributed by atoms with E-state index in [4.69, 9.17) is 15.6 Å². The maximum absolute atomic E-state index is 11.0. The van der Waals surface area contributed by atoms with Crippen LogP contribution in [0.4, 0.5) is 0 Å². The van der Waals surface area contributed by atoms with Crippen LogP contribution in [0.1, 0.15) is 22.6 Å². The first kappa shape index (κ1) is 11.6. The second-order valence-electron chi connectivity index (χ2n) is 2.98. The molecule has 1 heterocycles. The number of nitrogens with zero attached hydrogens (tertiary/aromatic N) is 3. The first-order valence-corrected chi connectivity index (χ1v) is 4.52. The lowest BCUT2D eigenvalue weighted by Gasteiger charge is -2.04. The van der Waals surface area contributed by atoms with E-state index >= 15 is 0 Å². The van der Waals surface area contributed by atoms with Crippen molar-refractivity contribution < 1.29 is 14.6 Å². The van der Waals surface area contributed by atoms with Gasteiger partial charge in [-0.2, -0.15) is 0 Å². The fraction of sp³-hybridized carbons (Fsp3) is 0.625. The van der Waals surface area contributed by atoms with Crippen LogP contribution in [0.3, 0.4) is 0 Å². The van der Waals surface area contributed by atoms with E-state index in [2.05, 4.69) is 10.3 Å². The zero-order chi connectivity index (χ0) is 11.3. The highest BCUT2D eigenvalue weighted by molar-refractivity contribution is 5.91. The number of carbonyl (C=O) groups excluding carboxylic acids is 1. The molecule has 0 unspecified atom stereocenters. The molecule has 3 N–H and O–H groups in total. The van der Waals surface area contributed by atoms with Crippen molar-refractivity contribution in [3.8, 4) is 0 Å². The van der Waals surface area contributed by atoms with Crippen molar-refractivity contribution in [3.05, 3.63) is 11.4 Å². The molecule has 84 valence electrons. The van der Waals surface area contributed by atoms with Gasteiger partial charge in [-0.1, -0.05) is 5.21 Å². The monoisotopic (exact) mass is 214 g/mol. The molecule has 15 heavy (non-hydrogen) atoms. The number of aryl methyl sites for hydroxylation is 1. The summed E-state index contributed by atoms with van der Waals surface area (Å²) in [6, 6.07) is 0. The number of primary amides is 1. The van der Waals surface area contributed by atoms with Gasteiger partial charge >= 0.3 is 0 Å². The van der Waals surface area contributed by atoms with Gasteiger partial charge < -0.3 is 15.6 Å². The first-order chi connectivity index (χ1) is 7.20. The summed E-state index contributed by atoms with van der Waals surface area (Å²) in [6.45, 7) is 0.754. The predicted molar refractivity (Wildman–Crippen MR) is 51.0 cm³/mol. The highest BCUT2D eigenvalue weighted by Crippen LogP contribution is 2.06. The Morgan fingerprint density at radius 3 is 2.93 bits per heavy atom. The smallest absolute Gasteiger partial charge is 0.271 e. The number of methoxy groups -OCH3 is 1. The van der Waals surface area contributed by atoms with Crippen molar-refractivity contribution in [2.45, 2.75) is 19.6 Å². The molecule has 0 radical (unpaired) electrons. The predicted octanol–water partition coefficient (Wildman–Crippen LogP) is -1.09. The minimum atomic E-state index is -0.628. The number of hydrogen-bond donors (Lipinski definition) is 2. The number of carbonyl (C=O) groups is 1. The zero-order valence-corrected chi connectivity index (χ0v) is 8.51. The Bertz CT molecular complexity index is 337. The molecule has 0 aliphatic carbocycles. The van der Waals surface area contributed by atoms with Gasteiger partial charge in [-0.3, -0.25) is 4.79 Å². The van der Waals surface area contributed by atoms with Gasteiger partial charge in [0.25, 0.3) is 5.91 Å². The molecule has 0 aromatic carbocycles. The summed E-state index contributed by atoms with van der Waals surface area (Å²) in [5.41, 5.74) is 5.79. The van der Waals surface area contributed by atoms with E-state index in [1.54, 1.807) is 0 Å². The molecule has 1 amide bonds. The molecule has 1 aromatic rings. The van der Waals surface area contributed by atoms with E-state index in [1.807, 2.05) is 0 Å². The minimum absolute atomic E-state index is 0.0538. The third-order valence-corrected chi connectivity index (χ3v) is 1.88. The summed E-state index contributed by atoms with van der Waals surface area (Å²) < 4.78 is 6.44. The number of nitrogens with two attached hydrogens (primary N) is 1. The number of hydrogen-bond acceptors (Lipinski definition) is 5. The second kappa shape index (κ2) is 5.42. The van der Waals surface area contributed by atoms with E-state index in [-0.39, 0.29) is 18.9 Å². The number of ether oxygens (including phenoxy) is 1. The molecule has 0 aliphatic rings. The molecule has 0 spiro atoms. The van der Waals surface area contributed by atoms with Crippen LogP contribution in [0.15, 0.2) is 0 Å². The quantitative estimate of drug-likeness (QED) is 0.626. The number of rotatable bonds is 6.